The maximum Gasteiger partial charge on any atom is 0.138 e. The zero-order valence-corrected chi connectivity index (χ0v) is 11.3. The fraction of sp³-hybridized carbons (Fsp3) is 0.571. The van der Waals surface area contributed by atoms with Crippen LogP contribution >= 0.6 is 11.6 Å². The molecule has 1 aliphatic rings. The molecular formula is C14H19ClO3. The highest BCUT2D eigenvalue weighted by molar-refractivity contribution is 6.32. The fourth-order valence-corrected chi connectivity index (χ4v) is 2.59. The summed E-state index contributed by atoms with van der Waals surface area (Å²) in [7, 11) is 1.75. The second-order valence-corrected chi connectivity index (χ2v) is 5.09. The van der Waals surface area contributed by atoms with Crippen molar-refractivity contribution >= 4 is 11.6 Å². The molecule has 0 aromatic heterocycles. The normalized spacial score (nSPS) is 23.9. The van der Waals surface area contributed by atoms with Crippen molar-refractivity contribution in [2.75, 3.05) is 7.11 Å². The third kappa shape index (κ3) is 3.37. The van der Waals surface area contributed by atoms with Crippen molar-refractivity contribution < 1.29 is 14.6 Å². The Kier molecular flexibility index (Phi) is 4.87. The first-order valence-electron chi connectivity index (χ1n) is 6.31. The molecule has 4 heteroatoms. The third-order valence-corrected chi connectivity index (χ3v) is 3.68. The average molecular weight is 271 g/mol. The minimum atomic E-state index is -0.00478. The Balaban J connectivity index is 2.00. The van der Waals surface area contributed by atoms with Crippen molar-refractivity contribution in [2.24, 2.45) is 0 Å². The molecule has 1 saturated carbocycles. The number of methoxy groups -OCH3 is 1. The van der Waals surface area contributed by atoms with Crippen molar-refractivity contribution in [1.82, 2.24) is 0 Å². The van der Waals surface area contributed by atoms with Crippen LogP contribution < -0.4 is 4.74 Å². The van der Waals surface area contributed by atoms with Gasteiger partial charge >= 0.3 is 0 Å². The molecule has 18 heavy (non-hydrogen) atoms. The molecule has 2 unspecified atom stereocenters. The van der Waals surface area contributed by atoms with Crippen molar-refractivity contribution in [3.05, 3.63) is 28.8 Å². The van der Waals surface area contributed by atoms with Gasteiger partial charge in [0.1, 0.15) is 11.9 Å². The highest BCUT2D eigenvalue weighted by atomic mass is 35.5. The summed E-state index contributed by atoms with van der Waals surface area (Å²) in [4.78, 5) is 0. The van der Waals surface area contributed by atoms with Gasteiger partial charge in [-0.2, -0.15) is 0 Å². The predicted molar refractivity (Wildman–Crippen MR) is 71.1 cm³/mol. The summed E-state index contributed by atoms with van der Waals surface area (Å²) in [5.41, 5.74) is 0.797. The molecule has 0 saturated heterocycles. The molecule has 2 rings (SSSR count). The van der Waals surface area contributed by atoms with Gasteiger partial charge in [-0.05, 0) is 37.0 Å². The van der Waals surface area contributed by atoms with E-state index >= 15 is 0 Å². The van der Waals surface area contributed by atoms with E-state index in [0.717, 1.165) is 31.2 Å². The lowest BCUT2D eigenvalue weighted by molar-refractivity contribution is 0.0210. The summed E-state index contributed by atoms with van der Waals surface area (Å²) in [5.74, 6) is 0.690. The SMILES string of the molecule is COC1CCCC(Oc2ccc(CO)cc2Cl)C1. The van der Waals surface area contributed by atoms with E-state index < -0.39 is 0 Å². The minimum absolute atomic E-state index is 0.00478. The topological polar surface area (TPSA) is 38.7 Å². The molecule has 1 aliphatic carbocycles. The summed E-state index contributed by atoms with van der Waals surface area (Å²) in [6, 6.07) is 5.40. The first-order valence-corrected chi connectivity index (χ1v) is 6.69. The Morgan fingerprint density at radius 2 is 2.11 bits per heavy atom. The van der Waals surface area contributed by atoms with Crippen LogP contribution in [-0.4, -0.2) is 24.4 Å². The van der Waals surface area contributed by atoms with E-state index in [9.17, 15) is 0 Å². The quantitative estimate of drug-likeness (QED) is 0.913. The van der Waals surface area contributed by atoms with Crippen molar-refractivity contribution in [2.45, 2.75) is 44.5 Å². The number of rotatable bonds is 4. The lowest BCUT2D eigenvalue weighted by Crippen LogP contribution is -2.29. The van der Waals surface area contributed by atoms with Crippen LogP contribution in [0.2, 0.25) is 5.02 Å². The number of aliphatic hydroxyl groups is 1. The van der Waals surface area contributed by atoms with Crippen molar-refractivity contribution in [1.29, 1.82) is 0 Å². The standard InChI is InChI=1S/C14H19ClO3/c1-17-11-3-2-4-12(8-11)18-14-6-5-10(9-16)7-13(14)15/h5-7,11-12,16H,2-4,8-9H2,1H3. The molecule has 3 nitrogen and oxygen atoms in total. The van der Waals surface area contributed by atoms with Gasteiger partial charge in [0.2, 0.25) is 0 Å². The number of benzene rings is 1. The van der Waals surface area contributed by atoms with Crippen molar-refractivity contribution in [3.8, 4) is 5.75 Å². The zero-order chi connectivity index (χ0) is 13.0. The van der Waals surface area contributed by atoms with Gasteiger partial charge in [-0.1, -0.05) is 17.7 Å². The van der Waals surface area contributed by atoms with Gasteiger partial charge in [0.05, 0.1) is 17.7 Å². The van der Waals surface area contributed by atoms with Crippen LogP contribution in [0.15, 0.2) is 18.2 Å². The Bertz CT molecular complexity index is 395. The molecule has 0 spiro atoms. The van der Waals surface area contributed by atoms with Crippen LogP contribution in [-0.2, 0) is 11.3 Å². The molecule has 0 aliphatic heterocycles. The van der Waals surface area contributed by atoms with Crippen LogP contribution in [0.3, 0.4) is 0 Å². The van der Waals surface area contributed by atoms with Crippen molar-refractivity contribution in [3.63, 3.8) is 0 Å². The summed E-state index contributed by atoms with van der Waals surface area (Å²) in [5, 5.41) is 9.58. The van der Waals surface area contributed by atoms with E-state index in [-0.39, 0.29) is 12.7 Å². The highest BCUT2D eigenvalue weighted by Gasteiger charge is 2.23. The number of aliphatic hydroxyl groups excluding tert-OH is 1. The van der Waals surface area contributed by atoms with E-state index in [2.05, 4.69) is 0 Å². The van der Waals surface area contributed by atoms with Gasteiger partial charge in [-0.3, -0.25) is 0 Å². The summed E-state index contributed by atoms with van der Waals surface area (Å²) in [6.45, 7) is -0.00478. The van der Waals surface area contributed by atoms with E-state index in [1.165, 1.54) is 0 Å². The second-order valence-electron chi connectivity index (χ2n) is 4.69. The molecule has 1 aromatic carbocycles. The van der Waals surface area contributed by atoms with Crippen LogP contribution in [0.5, 0.6) is 5.75 Å². The molecule has 0 heterocycles. The monoisotopic (exact) mass is 270 g/mol. The number of hydrogen-bond donors (Lipinski definition) is 1. The Morgan fingerprint density at radius 1 is 1.33 bits per heavy atom. The lowest BCUT2D eigenvalue weighted by atomic mass is 9.95. The largest absolute Gasteiger partial charge is 0.489 e. The fourth-order valence-electron chi connectivity index (χ4n) is 2.34. The van der Waals surface area contributed by atoms with E-state index in [4.69, 9.17) is 26.2 Å². The molecule has 100 valence electrons. The Labute approximate surface area is 113 Å². The molecule has 2 atom stereocenters. The maximum atomic E-state index is 9.02. The van der Waals surface area contributed by atoms with Crippen LogP contribution in [0.25, 0.3) is 0 Å². The molecule has 0 radical (unpaired) electrons. The molecule has 0 amide bonds. The summed E-state index contributed by atoms with van der Waals surface area (Å²) >= 11 is 6.13. The maximum absolute atomic E-state index is 9.02. The average Bonchev–Trinajstić information content (AvgIpc) is 2.41. The highest BCUT2D eigenvalue weighted by Crippen LogP contribution is 2.30. The lowest BCUT2D eigenvalue weighted by Gasteiger charge is -2.29. The Hall–Kier alpha value is -0.770. The smallest absolute Gasteiger partial charge is 0.138 e. The van der Waals surface area contributed by atoms with Gasteiger partial charge in [0.15, 0.2) is 0 Å². The Morgan fingerprint density at radius 3 is 2.78 bits per heavy atom. The molecule has 1 N–H and O–H groups in total. The minimum Gasteiger partial charge on any atom is -0.489 e. The van der Waals surface area contributed by atoms with E-state index in [0.29, 0.717) is 16.9 Å². The predicted octanol–water partition coefficient (Wildman–Crippen LogP) is 3.17. The van der Waals surface area contributed by atoms with Gasteiger partial charge in [0, 0.05) is 13.5 Å². The summed E-state index contributed by atoms with van der Waals surface area (Å²) < 4.78 is 11.3. The number of halogens is 1. The number of ether oxygens (including phenoxy) is 2. The van der Waals surface area contributed by atoms with E-state index in [1.54, 1.807) is 13.2 Å². The molecule has 1 aromatic rings. The van der Waals surface area contributed by atoms with Gasteiger partial charge in [-0.25, -0.2) is 0 Å². The van der Waals surface area contributed by atoms with Gasteiger partial charge < -0.3 is 14.6 Å². The van der Waals surface area contributed by atoms with E-state index in [1.807, 2.05) is 12.1 Å². The zero-order valence-electron chi connectivity index (χ0n) is 10.6. The second kappa shape index (κ2) is 6.41. The summed E-state index contributed by atoms with van der Waals surface area (Å²) in [6.07, 6.45) is 4.63. The van der Waals surface area contributed by atoms with Crippen LogP contribution in [0.1, 0.15) is 31.2 Å². The molecule has 1 fully saturated rings. The molecular weight excluding hydrogens is 252 g/mol. The van der Waals surface area contributed by atoms with Crippen LogP contribution in [0.4, 0.5) is 0 Å². The van der Waals surface area contributed by atoms with Crippen LogP contribution in [0, 0.1) is 0 Å². The first kappa shape index (κ1) is 13.7. The van der Waals surface area contributed by atoms with Gasteiger partial charge in [0.25, 0.3) is 0 Å². The number of hydrogen-bond acceptors (Lipinski definition) is 3. The first-order chi connectivity index (χ1) is 8.72. The van der Waals surface area contributed by atoms with Gasteiger partial charge in [-0.15, -0.1) is 0 Å². The molecule has 0 bridgehead atoms. The third-order valence-electron chi connectivity index (χ3n) is 3.38.